The van der Waals surface area contributed by atoms with Gasteiger partial charge in [-0.2, -0.15) is 0 Å². The molecule has 0 aromatic carbocycles. The SMILES string of the molecule is CCCC(O)OP(=O)(O)O. The Morgan fingerprint density at radius 3 is 2.40 bits per heavy atom. The highest BCUT2D eigenvalue weighted by atomic mass is 31.2. The molecule has 6 heteroatoms. The summed E-state index contributed by atoms with van der Waals surface area (Å²) in [5.41, 5.74) is 0. The molecule has 0 aliphatic rings. The molecule has 0 amide bonds. The predicted octanol–water partition coefficient (Wildman–Crippen LogP) is 0.214. The van der Waals surface area contributed by atoms with Crippen LogP contribution in [0.5, 0.6) is 0 Å². The largest absolute Gasteiger partial charge is 0.471 e. The van der Waals surface area contributed by atoms with Crippen LogP contribution in [0.1, 0.15) is 19.8 Å². The number of aliphatic hydroxyl groups is 1. The van der Waals surface area contributed by atoms with Crippen LogP contribution in [0, 0.1) is 0 Å². The van der Waals surface area contributed by atoms with Crippen LogP contribution >= 0.6 is 7.82 Å². The predicted molar refractivity (Wildman–Crippen MR) is 34.0 cm³/mol. The first-order valence-electron chi connectivity index (χ1n) is 2.87. The summed E-state index contributed by atoms with van der Waals surface area (Å²) in [5.74, 6) is 0. The highest BCUT2D eigenvalue weighted by molar-refractivity contribution is 7.46. The molecular formula is C4H11O5P. The second kappa shape index (κ2) is 4.05. The van der Waals surface area contributed by atoms with Crippen LogP contribution in [0.3, 0.4) is 0 Å². The molecule has 0 bridgehead atoms. The van der Waals surface area contributed by atoms with Gasteiger partial charge in [-0.3, -0.25) is 4.52 Å². The van der Waals surface area contributed by atoms with Crippen LogP contribution in [0.25, 0.3) is 0 Å². The summed E-state index contributed by atoms with van der Waals surface area (Å²) in [7, 11) is -4.50. The summed E-state index contributed by atoms with van der Waals surface area (Å²) >= 11 is 0. The fraction of sp³-hybridized carbons (Fsp3) is 1.00. The van der Waals surface area contributed by atoms with E-state index in [2.05, 4.69) is 4.52 Å². The highest BCUT2D eigenvalue weighted by Crippen LogP contribution is 2.37. The van der Waals surface area contributed by atoms with Gasteiger partial charge in [0.25, 0.3) is 0 Å². The number of hydrogen-bond acceptors (Lipinski definition) is 3. The summed E-state index contributed by atoms with van der Waals surface area (Å²) in [6.45, 7) is 1.77. The highest BCUT2D eigenvalue weighted by Gasteiger charge is 2.18. The van der Waals surface area contributed by atoms with Gasteiger partial charge in [0.05, 0.1) is 0 Å². The fourth-order valence-corrected chi connectivity index (χ4v) is 0.881. The molecule has 0 heterocycles. The molecule has 3 N–H and O–H groups in total. The van der Waals surface area contributed by atoms with E-state index in [0.717, 1.165) is 0 Å². The van der Waals surface area contributed by atoms with Crippen molar-refractivity contribution in [2.75, 3.05) is 0 Å². The van der Waals surface area contributed by atoms with Crippen LogP contribution in [-0.4, -0.2) is 21.2 Å². The standard InChI is InChI=1S/C4H11O5P/c1-2-3-4(5)9-10(6,7)8/h4-5H,2-3H2,1H3,(H2,6,7,8). The third-order valence-electron chi connectivity index (χ3n) is 0.795. The minimum atomic E-state index is -4.50. The molecule has 0 spiro atoms. The Kier molecular flexibility index (Phi) is 4.08. The molecule has 5 nitrogen and oxygen atoms in total. The third kappa shape index (κ3) is 6.19. The summed E-state index contributed by atoms with van der Waals surface area (Å²) in [5, 5.41) is 8.67. The number of hydrogen-bond donors (Lipinski definition) is 3. The maximum absolute atomic E-state index is 10.0. The maximum atomic E-state index is 10.0. The van der Waals surface area contributed by atoms with E-state index in [1.54, 1.807) is 6.92 Å². The molecule has 0 radical (unpaired) electrons. The van der Waals surface area contributed by atoms with E-state index < -0.39 is 14.1 Å². The van der Waals surface area contributed by atoms with Crippen LogP contribution < -0.4 is 0 Å². The number of phosphoric acid groups is 1. The van der Waals surface area contributed by atoms with Gasteiger partial charge in [-0.1, -0.05) is 13.3 Å². The van der Waals surface area contributed by atoms with Crippen molar-refractivity contribution in [3.63, 3.8) is 0 Å². The minimum absolute atomic E-state index is 0.227. The van der Waals surface area contributed by atoms with Gasteiger partial charge in [-0.15, -0.1) is 0 Å². The van der Waals surface area contributed by atoms with Gasteiger partial charge in [-0.25, -0.2) is 4.57 Å². The zero-order valence-corrected chi connectivity index (χ0v) is 6.49. The van der Waals surface area contributed by atoms with E-state index in [4.69, 9.17) is 14.9 Å². The zero-order chi connectivity index (χ0) is 8.20. The van der Waals surface area contributed by atoms with Gasteiger partial charge in [-0.05, 0) is 6.42 Å². The number of rotatable bonds is 4. The van der Waals surface area contributed by atoms with Crippen molar-refractivity contribution < 1.29 is 24.0 Å². The maximum Gasteiger partial charge on any atom is 0.471 e. The van der Waals surface area contributed by atoms with Gasteiger partial charge in [0.15, 0.2) is 6.29 Å². The van der Waals surface area contributed by atoms with Crippen LogP contribution in [0.2, 0.25) is 0 Å². The van der Waals surface area contributed by atoms with Crippen molar-refractivity contribution in [2.45, 2.75) is 26.1 Å². The molecule has 1 atom stereocenters. The second-order valence-corrected chi connectivity index (χ2v) is 3.03. The quantitative estimate of drug-likeness (QED) is 0.414. The van der Waals surface area contributed by atoms with Crippen molar-refractivity contribution in [3.8, 4) is 0 Å². The normalized spacial score (nSPS) is 15.2. The summed E-state index contributed by atoms with van der Waals surface area (Å²) < 4.78 is 13.9. The fourth-order valence-electron chi connectivity index (χ4n) is 0.458. The van der Waals surface area contributed by atoms with Crippen LogP contribution in [0.4, 0.5) is 0 Å². The molecule has 0 saturated carbocycles. The Bertz CT molecular complexity index is 130. The lowest BCUT2D eigenvalue weighted by molar-refractivity contribution is -0.0415. The Balaban J connectivity index is 3.58. The number of phosphoric ester groups is 1. The molecule has 0 rings (SSSR count). The molecule has 62 valence electrons. The van der Waals surface area contributed by atoms with Gasteiger partial charge in [0.1, 0.15) is 0 Å². The molecule has 0 aromatic rings. The lowest BCUT2D eigenvalue weighted by atomic mass is 10.3. The third-order valence-corrected chi connectivity index (χ3v) is 1.31. The Labute approximate surface area is 58.9 Å². The Hall–Kier alpha value is 0.0700. The van der Waals surface area contributed by atoms with Gasteiger partial charge < -0.3 is 14.9 Å². The lowest BCUT2D eigenvalue weighted by Gasteiger charge is -2.10. The summed E-state index contributed by atoms with van der Waals surface area (Å²) in [6.07, 6.45) is -0.516. The van der Waals surface area contributed by atoms with E-state index in [0.29, 0.717) is 6.42 Å². The second-order valence-electron chi connectivity index (χ2n) is 1.84. The smallest absolute Gasteiger partial charge is 0.367 e. The average molecular weight is 170 g/mol. The minimum Gasteiger partial charge on any atom is -0.367 e. The molecule has 0 fully saturated rings. The summed E-state index contributed by atoms with van der Waals surface area (Å²) in [4.78, 5) is 16.3. The molecule has 0 aliphatic carbocycles. The van der Waals surface area contributed by atoms with Crippen molar-refractivity contribution in [3.05, 3.63) is 0 Å². The molecule has 1 unspecified atom stereocenters. The van der Waals surface area contributed by atoms with Crippen molar-refractivity contribution in [2.24, 2.45) is 0 Å². The van der Waals surface area contributed by atoms with E-state index in [1.807, 2.05) is 0 Å². The number of aliphatic hydroxyl groups excluding tert-OH is 1. The first-order valence-corrected chi connectivity index (χ1v) is 4.40. The molecule has 0 aliphatic heterocycles. The van der Waals surface area contributed by atoms with Crippen molar-refractivity contribution in [1.29, 1.82) is 0 Å². The Morgan fingerprint density at radius 2 is 2.10 bits per heavy atom. The first-order chi connectivity index (χ1) is 4.45. The lowest BCUT2D eigenvalue weighted by Crippen LogP contribution is -2.08. The van der Waals surface area contributed by atoms with E-state index in [-0.39, 0.29) is 6.42 Å². The topological polar surface area (TPSA) is 87.0 Å². The van der Waals surface area contributed by atoms with Gasteiger partial charge in [0.2, 0.25) is 0 Å². The van der Waals surface area contributed by atoms with Crippen molar-refractivity contribution in [1.82, 2.24) is 0 Å². The van der Waals surface area contributed by atoms with Gasteiger partial charge in [0, 0.05) is 0 Å². The van der Waals surface area contributed by atoms with Crippen LogP contribution in [-0.2, 0) is 9.09 Å². The molecule has 0 saturated heterocycles. The first kappa shape index (κ1) is 10.1. The zero-order valence-electron chi connectivity index (χ0n) is 5.60. The van der Waals surface area contributed by atoms with E-state index in [1.165, 1.54) is 0 Å². The van der Waals surface area contributed by atoms with E-state index in [9.17, 15) is 4.57 Å². The molecule has 10 heavy (non-hydrogen) atoms. The Morgan fingerprint density at radius 1 is 1.60 bits per heavy atom. The van der Waals surface area contributed by atoms with Gasteiger partial charge >= 0.3 is 7.82 Å². The molecule has 0 aromatic heterocycles. The van der Waals surface area contributed by atoms with E-state index >= 15 is 0 Å². The van der Waals surface area contributed by atoms with Crippen LogP contribution in [0.15, 0.2) is 0 Å². The summed E-state index contributed by atoms with van der Waals surface area (Å²) in [6, 6.07) is 0. The molecular weight excluding hydrogens is 159 g/mol. The van der Waals surface area contributed by atoms with Crippen molar-refractivity contribution >= 4 is 7.82 Å². The monoisotopic (exact) mass is 170 g/mol. The average Bonchev–Trinajstić information content (AvgIpc) is 1.59.